The number of nitrogens with zero attached hydrogens (tertiary/aromatic N) is 3. The highest BCUT2D eigenvalue weighted by Crippen LogP contribution is 2.40. The van der Waals surface area contributed by atoms with Crippen molar-refractivity contribution in [3.63, 3.8) is 0 Å². The number of methoxy groups -OCH3 is 1. The van der Waals surface area contributed by atoms with E-state index < -0.39 is 0 Å². The second-order valence-corrected chi connectivity index (χ2v) is 6.23. The van der Waals surface area contributed by atoms with E-state index in [1.165, 1.54) is 25.7 Å². The summed E-state index contributed by atoms with van der Waals surface area (Å²) in [6.45, 7) is 6.81. The van der Waals surface area contributed by atoms with E-state index in [0.717, 1.165) is 32.1 Å². The van der Waals surface area contributed by atoms with Crippen LogP contribution in [-0.4, -0.2) is 42.9 Å². The van der Waals surface area contributed by atoms with E-state index in [9.17, 15) is 0 Å². The minimum absolute atomic E-state index is 0. The minimum Gasteiger partial charge on any atom is -0.385 e. The molecule has 0 radical (unpaired) electrons. The Hall–Kier alpha value is -0.900. The van der Waals surface area contributed by atoms with Crippen LogP contribution in [0.25, 0.3) is 0 Å². The topological polar surface area (TPSA) is 84.6 Å². The maximum absolute atomic E-state index is 5.29. The average Bonchev–Trinajstić information content (AvgIpc) is 3.18. The molecule has 1 heterocycles. The second-order valence-electron chi connectivity index (χ2n) is 6.23. The number of aliphatic imine (C=N–C) groups is 1. The van der Waals surface area contributed by atoms with E-state index in [-0.39, 0.29) is 24.0 Å². The highest BCUT2D eigenvalue weighted by Gasteiger charge is 2.33. The van der Waals surface area contributed by atoms with Gasteiger partial charge in [-0.3, -0.25) is 0 Å². The van der Waals surface area contributed by atoms with Gasteiger partial charge in [-0.2, -0.15) is 4.98 Å². The van der Waals surface area contributed by atoms with E-state index in [0.29, 0.717) is 23.7 Å². The van der Waals surface area contributed by atoms with Crippen molar-refractivity contribution in [3.05, 3.63) is 11.7 Å². The number of aromatic nitrogens is 2. The average molecular weight is 451 g/mol. The van der Waals surface area contributed by atoms with Crippen LogP contribution < -0.4 is 10.6 Å². The molecule has 2 rings (SSSR count). The first-order valence-corrected chi connectivity index (χ1v) is 8.48. The zero-order valence-electron chi connectivity index (χ0n) is 14.9. The van der Waals surface area contributed by atoms with Gasteiger partial charge in [0.1, 0.15) is 6.54 Å². The van der Waals surface area contributed by atoms with Crippen LogP contribution in [0.2, 0.25) is 0 Å². The number of rotatable bonds is 8. The maximum atomic E-state index is 5.29. The number of ether oxygens (including phenoxy) is 1. The highest BCUT2D eigenvalue weighted by atomic mass is 127. The van der Waals surface area contributed by atoms with Crippen LogP contribution in [0.4, 0.5) is 0 Å². The molecule has 1 fully saturated rings. The van der Waals surface area contributed by atoms with Gasteiger partial charge in [0, 0.05) is 26.8 Å². The predicted molar refractivity (Wildman–Crippen MR) is 105 cm³/mol. The van der Waals surface area contributed by atoms with Gasteiger partial charge in [0.15, 0.2) is 11.8 Å². The number of aryl methyl sites for hydroxylation is 1. The molecule has 0 aliphatic heterocycles. The molecule has 24 heavy (non-hydrogen) atoms. The molecule has 8 heteroatoms. The smallest absolute Gasteiger partial charge is 0.248 e. The molecule has 0 bridgehead atoms. The van der Waals surface area contributed by atoms with Crippen LogP contribution in [0.3, 0.4) is 0 Å². The van der Waals surface area contributed by atoms with Gasteiger partial charge in [-0.1, -0.05) is 18.0 Å². The molecule has 1 saturated carbocycles. The summed E-state index contributed by atoms with van der Waals surface area (Å²) in [6, 6.07) is 0. The third-order valence-corrected chi connectivity index (χ3v) is 4.42. The number of guanidine groups is 1. The first kappa shape index (κ1) is 21.1. The predicted octanol–water partition coefficient (Wildman–Crippen LogP) is 2.65. The molecule has 1 aromatic heterocycles. The molecule has 1 aliphatic rings. The summed E-state index contributed by atoms with van der Waals surface area (Å²) in [4.78, 5) is 8.71. The van der Waals surface area contributed by atoms with Crippen LogP contribution in [0.1, 0.15) is 50.7 Å². The summed E-state index contributed by atoms with van der Waals surface area (Å²) in [5.41, 5.74) is 0.327. The first-order valence-electron chi connectivity index (χ1n) is 8.48. The summed E-state index contributed by atoms with van der Waals surface area (Å²) in [7, 11) is 1.77. The summed E-state index contributed by atoms with van der Waals surface area (Å²) in [5.74, 6) is 1.97. The lowest BCUT2D eigenvalue weighted by molar-refractivity contribution is 0.138. The number of halogens is 1. The molecule has 1 aliphatic carbocycles. The van der Waals surface area contributed by atoms with Crippen LogP contribution in [0, 0.1) is 12.3 Å². The normalized spacial score (nSPS) is 16.7. The third kappa shape index (κ3) is 6.54. The van der Waals surface area contributed by atoms with Crippen LogP contribution in [0.5, 0.6) is 0 Å². The molecule has 0 spiro atoms. The molecule has 0 amide bonds. The fraction of sp³-hybridized carbons (Fsp3) is 0.812. The van der Waals surface area contributed by atoms with Crippen LogP contribution in [-0.2, 0) is 11.3 Å². The van der Waals surface area contributed by atoms with Gasteiger partial charge >= 0.3 is 0 Å². The van der Waals surface area contributed by atoms with Crippen molar-refractivity contribution in [2.75, 3.05) is 26.8 Å². The molecule has 0 unspecified atom stereocenters. The van der Waals surface area contributed by atoms with Crippen molar-refractivity contribution < 1.29 is 9.26 Å². The highest BCUT2D eigenvalue weighted by molar-refractivity contribution is 14.0. The molecule has 0 saturated heterocycles. The number of nitrogens with one attached hydrogen (secondary N) is 2. The summed E-state index contributed by atoms with van der Waals surface area (Å²) < 4.78 is 10.4. The van der Waals surface area contributed by atoms with Gasteiger partial charge < -0.3 is 19.9 Å². The Morgan fingerprint density at radius 1 is 1.33 bits per heavy atom. The fourth-order valence-corrected chi connectivity index (χ4v) is 3.12. The van der Waals surface area contributed by atoms with E-state index >= 15 is 0 Å². The van der Waals surface area contributed by atoms with E-state index in [1.54, 1.807) is 14.0 Å². The molecule has 0 atom stereocenters. The molecule has 2 N–H and O–H groups in total. The molecular formula is C16H30IN5O2. The monoisotopic (exact) mass is 451 g/mol. The standard InChI is InChI=1S/C16H29N5O2.HI/c1-4-17-15(18-11-14-20-13(2)21-23-14)19-12-16(9-10-22-3)7-5-6-8-16;/h4-12H2,1-3H3,(H2,17,18,19);1H. The number of hydrogen-bond donors (Lipinski definition) is 2. The van der Waals surface area contributed by atoms with Crippen molar-refractivity contribution in [3.8, 4) is 0 Å². The van der Waals surface area contributed by atoms with Crippen molar-refractivity contribution in [2.24, 2.45) is 10.4 Å². The summed E-state index contributed by atoms with van der Waals surface area (Å²) in [5, 5.41) is 10.5. The van der Waals surface area contributed by atoms with Crippen molar-refractivity contribution in [1.29, 1.82) is 0 Å². The molecule has 138 valence electrons. The Bertz CT molecular complexity index is 500. The van der Waals surface area contributed by atoms with E-state index in [2.05, 4.69) is 32.7 Å². The second kappa shape index (κ2) is 10.9. The van der Waals surface area contributed by atoms with Crippen molar-refractivity contribution in [2.45, 2.75) is 52.5 Å². The zero-order chi connectivity index (χ0) is 16.5. The Morgan fingerprint density at radius 3 is 2.67 bits per heavy atom. The largest absolute Gasteiger partial charge is 0.385 e. The molecular weight excluding hydrogens is 421 g/mol. The van der Waals surface area contributed by atoms with Crippen LogP contribution >= 0.6 is 24.0 Å². The van der Waals surface area contributed by atoms with Gasteiger partial charge in [0.25, 0.3) is 0 Å². The third-order valence-electron chi connectivity index (χ3n) is 4.42. The zero-order valence-corrected chi connectivity index (χ0v) is 17.3. The molecule has 0 aromatic carbocycles. The molecule has 1 aromatic rings. The van der Waals surface area contributed by atoms with E-state index in [4.69, 9.17) is 9.26 Å². The first-order chi connectivity index (χ1) is 11.2. The SMILES string of the molecule is CCNC(=NCc1nc(C)no1)NCC1(CCOC)CCCC1.I. The van der Waals surface area contributed by atoms with Gasteiger partial charge in [0.2, 0.25) is 5.89 Å². The quantitative estimate of drug-likeness (QED) is 0.359. The fourth-order valence-electron chi connectivity index (χ4n) is 3.12. The van der Waals surface area contributed by atoms with Gasteiger partial charge in [-0.25, -0.2) is 4.99 Å². The molecule has 7 nitrogen and oxygen atoms in total. The lowest BCUT2D eigenvalue weighted by atomic mass is 9.83. The lowest BCUT2D eigenvalue weighted by Gasteiger charge is -2.29. The van der Waals surface area contributed by atoms with Crippen LogP contribution in [0.15, 0.2) is 9.52 Å². The Labute approximate surface area is 161 Å². The van der Waals surface area contributed by atoms with Gasteiger partial charge in [-0.15, -0.1) is 24.0 Å². The lowest BCUT2D eigenvalue weighted by Crippen LogP contribution is -2.43. The van der Waals surface area contributed by atoms with Crippen molar-refractivity contribution >= 4 is 29.9 Å². The Morgan fingerprint density at radius 2 is 2.08 bits per heavy atom. The van der Waals surface area contributed by atoms with Gasteiger partial charge in [0.05, 0.1) is 0 Å². The van der Waals surface area contributed by atoms with E-state index in [1.807, 2.05) is 0 Å². The maximum Gasteiger partial charge on any atom is 0.248 e. The Balaban J connectivity index is 0.00000288. The minimum atomic E-state index is 0. The van der Waals surface area contributed by atoms with Gasteiger partial charge in [-0.05, 0) is 38.5 Å². The number of hydrogen-bond acceptors (Lipinski definition) is 5. The van der Waals surface area contributed by atoms with Crippen molar-refractivity contribution in [1.82, 2.24) is 20.8 Å². The Kier molecular flexibility index (Phi) is 9.57. The summed E-state index contributed by atoms with van der Waals surface area (Å²) in [6.07, 6.45) is 6.22. The summed E-state index contributed by atoms with van der Waals surface area (Å²) >= 11 is 0.